The number of aliphatic carboxylic acids is 1. The largest absolute Gasteiger partial charge is 0.480 e. The molecule has 1 aromatic rings. The van der Waals surface area contributed by atoms with Crippen molar-refractivity contribution in [3.8, 4) is 0 Å². The minimum Gasteiger partial charge on any atom is -0.480 e. The van der Waals surface area contributed by atoms with Gasteiger partial charge in [-0.05, 0) is 13.8 Å². The lowest BCUT2D eigenvalue weighted by Crippen LogP contribution is -2.39. The summed E-state index contributed by atoms with van der Waals surface area (Å²) in [5.41, 5.74) is 0.489. The third-order valence-electron chi connectivity index (χ3n) is 1.77. The van der Waals surface area contributed by atoms with Gasteiger partial charge in [-0.1, -0.05) is 5.16 Å². The first-order valence-corrected chi connectivity index (χ1v) is 4.43. The van der Waals surface area contributed by atoms with Crippen LogP contribution in [-0.4, -0.2) is 28.2 Å². The van der Waals surface area contributed by atoms with E-state index in [1.54, 1.807) is 13.0 Å². The van der Waals surface area contributed by atoms with E-state index in [0.29, 0.717) is 11.5 Å². The summed E-state index contributed by atoms with van der Waals surface area (Å²) in [6.07, 6.45) is 0.0228. The summed E-state index contributed by atoms with van der Waals surface area (Å²) in [4.78, 5) is 21.7. The number of amides is 1. The monoisotopic (exact) mass is 212 g/mol. The number of nitrogens with zero attached hydrogens (tertiary/aromatic N) is 1. The number of aryl methyl sites for hydroxylation is 1. The molecule has 0 fully saturated rings. The lowest BCUT2D eigenvalue weighted by Gasteiger charge is -2.07. The number of carboxylic acids is 1. The molecule has 0 aliphatic heterocycles. The summed E-state index contributed by atoms with van der Waals surface area (Å²) >= 11 is 0. The Labute approximate surface area is 86.3 Å². The third-order valence-corrected chi connectivity index (χ3v) is 1.77. The highest BCUT2D eigenvalue weighted by atomic mass is 16.5. The van der Waals surface area contributed by atoms with Crippen molar-refractivity contribution < 1.29 is 19.2 Å². The van der Waals surface area contributed by atoms with Crippen molar-refractivity contribution in [3.05, 3.63) is 17.5 Å². The highest BCUT2D eigenvalue weighted by Gasteiger charge is 2.15. The van der Waals surface area contributed by atoms with Crippen LogP contribution in [0.25, 0.3) is 0 Å². The van der Waals surface area contributed by atoms with Crippen molar-refractivity contribution in [1.82, 2.24) is 10.5 Å². The van der Waals surface area contributed by atoms with Crippen LogP contribution in [0, 0.1) is 6.92 Å². The minimum absolute atomic E-state index is 0.0228. The first-order valence-electron chi connectivity index (χ1n) is 4.43. The number of carbonyl (C=O) groups is 2. The average molecular weight is 212 g/mol. The van der Waals surface area contributed by atoms with Gasteiger partial charge < -0.3 is 14.9 Å². The van der Waals surface area contributed by atoms with Gasteiger partial charge in [0.1, 0.15) is 11.8 Å². The van der Waals surface area contributed by atoms with Crippen LogP contribution in [0.5, 0.6) is 0 Å². The molecule has 2 N–H and O–H groups in total. The molecule has 6 heteroatoms. The molecule has 0 saturated carbocycles. The van der Waals surface area contributed by atoms with Gasteiger partial charge >= 0.3 is 5.97 Å². The standard InChI is InChI=1S/C9H12N2O4/c1-5-3-7(11-15-5)4-8(12)10-6(2)9(13)14/h3,6H,4H2,1-2H3,(H,10,12)(H,13,14). The summed E-state index contributed by atoms with van der Waals surface area (Å²) in [5, 5.41) is 14.5. The third kappa shape index (κ3) is 3.41. The Kier molecular flexibility index (Phi) is 3.43. The molecule has 1 amide bonds. The lowest BCUT2D eigenvalue weighted by molar-refractivity contribution is -0.141. The van der Waals surface area contributed by atoms with E-state index in [4.69, 9.17) is 9.63 Å². The molecule has 82 valence electrons. The number of hydrogen-bond acceptors (Lipinski definition) is 4. The first-order chi connectivity index (χ1) is 6.99. The fourth-order valence-electron chi connectivity index (χ4n) is 1.02. The second kappa shape index (κ2) is 4.59. The maximum atomic E-state index is 11.3. The first kappa shape index (κ1) is 11.2. The van der Waals surface area contributed by atoms with Crippen molar-refractivity contribution >= 4 is 11.9 Å². The van der Waals surface area contributed by atoms with Gasteiger partial charge in [-0.15, -0.1) is 0 Å². The van der Waals surface area contributed by atoms with Crippen molar-refractivity contribution in [3.63, 3.8) is 0 Å². The van der Waals surface area contributed by atoms with E-state index in [2.05, 4.69) is 10.5 Å². The SMILES string of the molecule is Cc1cc(CC(=O)NC(C)C(=O)O)no1. The molecule has 0 saturated heterocycles. The maximum Gasteiger partial charge on any atom is 0.325 e. The smallest absolute Gasteiger partial charge is 0.325 e. The summed E-state index contributed by atoms with van der Waals surface area (Å²) < 4.78 is 4.77. The average Bonchev–Trinajstić information content (AvgIpc) is 2.50. The van der Waals surface area contributed by atoms with Crippen molar-refractivity contribution in [1.29, 1.82) is 0 Å². The van der Waals surface area contributed by atoms with Gasteiger partial charge in [0.05, 0.1) is 12.1 Å². The molecule has 1 rings (SSSR count). The van der Waals surface area contributed by atoms with Gasteiger partial charge in [0.2, 0.25) is 5.91 Å². The predicted octanol–water partition coefficient (Wildman–Crippen LogP) is 0.115. The predicted molar refractivity (Wildman–Crippen MR) is 50.2 cm³/mol. The number of nitrogens with one attached hydrogen (secondary N) is 1. The van der Waals surface area contributed by atoms with E-state index in [0.717, 1.165) is 0 Å². The number of carboxylic acid groups (broad SMARTS) is 1. The summed E-state index contributed by atoms with van der Waals surface area (Å²) in [6.45, 7) is 3.11. The topological polar surface area (TPSA) is 92.4 Å². The molecule has 0 spiro atoms. The van der Waals surface area contributed by atoms with E-state index in [-0.39, 0.29) is 6.42 Å². The van der Waals surface area contributed by atoms with Crippen LogP contribution in [0.4, 0.5) is 0 Å². The van der Waals surface area contributed by atoms with E-state index in [1.807, 2.05) is 0 Å². The molecular formula is C9H12N2O4. The lowest BCUT2D eigenvalue weighted by atomic mass is 10.2. The Morgan fingerprint density at radius 3 is 2.80 bits per heavy atom. The highest BCUT2D eigenvalue weighted by Crippen LogP contribution is 2.02. The normalized spacial score (nSPS) is 12.1. The fourth-order valence-corrected chi connectivity index (χ4v) is 1.02. The van der Waals surface area contributed by atoms with Crippen LogP contribution >= 0.6 is 0 Å². The van der Waals surface area contributed by atoms with Crippen molar-refractivity contribution in [2.75, 3.05) is 0 Å². The van der Waals surface area contributed by atoms with Gasteiger partial charge in [-0.3, -0.25) is 9.59 Å². The number of rotatable bonds is 4. The zero-order valence-electron chi connectivity index (χ0n) is 8.48. The Bertz CT molecular complexity index is 372. The van der Waals surface area contributed by atoms with Crippen molar-refractivity contribution in [2.24, 2.45) is 0 Å². The van der Waals surface area contributed by atoms with E-state index >= 15 is 0 Å². The Hall–Kier alpha value is -1.85. The molecule has 6 nitrogen and oxygen atoms in total. The second-order valence-electron chi connectivity index (χ2n) is 3.23. The molecular weight excluding hydrogens is 200 g/mol. The Balaban J connectivity index is 2.46. The summed E-state index contributed by atoms with van der Waals surface area (Å²) in [7, 11) is 0. The molecule has 0 bridgehead atoms. The molecule has 1 aromatic heterocycles. The van der Waals surface area contributed by atoms with Gasteiger partial charge in [-0.25, -0.2) is 0 Å². The van der Waals surface area contributed by atoms with Gasteiger partial charge in [0, 0.05) is 6.07 Å². The molecule has 0 aliphatic rings. The van der Waals surface area contributed by atoms with Crippen LogP contribution in [-0.2, 0) is 16.0 Å². The number of aromatic nitrogens is 1. The fraction of sp³-hybridized carbons (Fsp3) is 0.444. The zero-order valence-corrected chi connectivity index (χ0v) is 8.48. The quantitative estimate of drug-likeness (QED) is 0.739. The number of carbonyl (C=O) groups excluding carboxylic acids is 1. The second-order valence-corrected chi connectivity index (χ2v) is 3.23. The summed E-state index contributed by atoms with van der Waals surface area (Å²) in [5.74, 6) is -0.845. The molecule has 0 aromatic carbocycles. The summed E-state index contributed by atoms with van der Waals surface area (Å²) in [6, 6.07) is 0.732. The van der Waals surface area contributed by atoms with Gasteiger partial charge in [0.25, 0.3) is 0 Å². The number of hydrogen-bond donors (Lipinski definition) is 2. The van der Waals surface area contributed by atoms with E-state index in [9.17, 15) is 9.59 Å². The van der Waals surface area contributed by atoms with E-state index < -0.39 is 17.9 Å². The highest BCUT2D eigenvalue weighted by molar-refractivity contribution is 5.84. The molecule has 15 heavy (non-hydrogen) atoms. The Morgan fingerprint density at radius 1 is 1.67 bits per heavy atom. The molecule has 1 unspecified atom stereocenters. The maximum absolute atomic E-state index is 11.3. The van der Waals surface area contributed by atoms with Gasteiger partial charge in [0.15, 0.2) is 0 Å². The van der Waals surface area contributed by atoms with Crippen molar-refractivity contribution in [2.45, 2.75) is 26.3 Å². The molecule has 0 aliphatic carbocycles. The van der Waals surface area contributed by atoms with Crippen LogP contribution in [0.1, 0.15) is 18.4 Å². The molecule has 1 heterocycles. The molecule has 1 atom stereocenters. The van der Waals surface area contributed by atoms with Crippen LogP contribution in [0.2, 0.25) is 0 Å². The van der Waals surface area contributed by atoms with Crippen LogP contribution in [0.15, 0.2) is 10.6 Å². The Morgan fingerprint density at radius 2 is 2.33 bits per heavy atom. The zero-order chi connectivity index (χ0) is 11.4. The van der Waals surface area contributed by atoms with Crippen LogP contribution in [0.3, 0.4) is 0 Å². The van der Waals surface area contributed by atoms with E-state index in [1.165, 1.54) is 6.92 Å². The molecule has 0 radical (unpaired) electrons. The minimum atomic E-state index is -1.07. The van der Waals surface area contributed by atoms with Crippen LogP contribution < -0.4 is 5.32 Å². The van der Waals surface area contributed by atoms with Gasteiger partial charge in [-0.2, -0.15) is 0 Å².